The molecule has 2 amide bonds. The molecule has 0 aromatic carbocycles. The van der Waals surface area contributed by atoms with Crippen molar-refractivity contribution in [2.45, 2.75) is 98.6 Å². The van der Waals surface area contributed by atoms with Gasteiger partial charge in [0.1, 0.15) is 0 Å². The van der Waals surface area contributed by atoms with Gasteiger partial charge in [0, 0.05) is 24.9 Å². The largest absolute Gasteiger partial charge is 2.00 e. The third-order valence-corrected chi connectivity index (χ3v) is 6.38. The Labute approximate surface area is 184 Å². The molecule has 0 spiro atoms. The third-order valence-electron chi connectivity index (χ3n) is 6.38. The van der Waals surface area contributed by atoms with Gasteiger partial charge in [0.25, 0.3) is 0 Å². The van der Waals surface area contributed by atoms with Crippen molar-refractivity contribution in [1.29, 1.82) is 0 Å². The third kappa shape index (κ3) is 8.27. The van der Waals surface area contributed by atoms with Gasteiger partial charge in [-0.2, -0.15) is 0 Å². The SMILES string of the molecule is CCC(=O)NC1CC(NC(=O)CC)CC(C(C)CC)(C(C)CC)C1.[CH3-].[CH3-].[Ti+2]. The fourth-order valence-corrected chi connectivity index (χ4v) is 4.49. The van der Waals surface area contributed by atoms with Crippen LogP contribution in [0, 0.1) is 32.1 Å². The van der Waals surface area contributed by atoms with Crippen molar-refractivity contribution in [2.75, 3.05) is 0 Å². The summed E-state index contributed by atoms with van der Waals surface area (Å²) in [6, 6.07) is 0.327. The zero-order chi connectivity index (χ0) is 18.3. The van der Waals surface area contributed by atoms with Crippen LogP contribution in [-0.4, -0.2) is 23.9 Å². The van der Waals surface area contributed by atoms with Crippen molar-refractivity contribution >= 4 is 11.8 Å². The predicted molar refractivity (Wildman–Crippen MR) is 112 cm³/mol. The van der Waals surface area contributed by atoms with Crippen molar-refractivity contribution < 1.29 is 31.3 Å². The molecule has 1 rings (SSSR count). The van der Waals surface area contributed by atoms with Gasteiger partial charge >= 0.3 is 21.7 Å². The molecule has 0 saturated heterocycles. The second-order valence-electron chi connectivity index (χ2n) is 7.73. The van der Waals surface area contributed by atoms with Crippen LogP contribution in [0.3, 0.4) is 0 Å². The standard InChI is InChI=1S/C20H38N2O2.2CH3.Ti/c1-7-14(5)20(15(6)8-2)12-16(21-18(23)9-3)11-17(13-20)22-19(24)10-4;;;/h14-17H,7-13H2,1-6H3,(H,21,23)(H,22,24);2*1H3;/q;2*-1;+2. The van der Waals surface area contributed by atoms with E-state index in [2.05, 4.69) is 38.3 Å². The number of nitrogens with one attached hydrogen (secondary N) is 2. The number of carbonyl (C=O) groups is 2. The van der Waals surface area contributed by atoms with Crippen LogP contribution in [0.2, 0.25) is 0 Å². The van der Waals surface area contributed by atoms with Crippen LogP contribution in [0.5, 0.6) is 0 Å². The summed E-state index contributed by atoms with van der Waals surface area (Å²) in [5.41, 5.74) is 0.180. The van der Waals surface area contributed by atoms with Gasteiger partial charge in [-0.25, -0.2) is 0 Å². The average Bonchev–Trinajstić information content (AvgIpc) is 2.59. The van der Waals surface area contributed by atoms with Crippen LogP contribution in [0.15, 0.2) is 0 Å². The second-order valence-corrected chi connectivity index (χ2v) is 7.73. The van der Waals surface area contributed by atoms with Gasteiger partial charge in [-0.05, 0) is 36.5 Å². The monoisotopic (exact) mass is 416 g/mol. The van der Waals surface area contributed by atoms with Crippen molar-refractivity contribution in [3.05, 3.63) is 14.9 Å². The summed E-state index contributed by atoms with van der Waals surface area (Å²) >= 11 is 0. The fourth-order valence-electron chi connectivity index (χ4n) is 4.49. The van der Waals surface area contributed by atoms with E-state index in [0.29, 0.717) is 24.7 Å². The summed E-state index contributed by atoms with van der Waals surface area (Å²) in [4.78, 5) is 23.9. The molecule has 4 nitrogen and oxygen atoms in total. The maximum Gasteiger partial charge on any atom is 2.00 e. The van der Waals surface area contributed by atoms with Gasteiger partial charge in [-0.15, -0.1) is 0 Å². The molecule has 0 bridgehead atoms. The molecule has 2 N–H and O–H groups in total. The van der Waals surface area contributed by atoms with Gasteiger partial charge in [0.05, 0.1) is 0 Å². The maximum absolute atomic E-state index is 12.0. The van der Waals surface area contributed by atoms with Gasteiger partial charge < -0.3 is 25.5 Å². The summed E-state index contributed by atoms with van der Waals surface area (Å²) in [5.74, 6) is 1.39. The minimum Gasteiger partial charge on any atom is -0.358 e. The number of carbonyl (C=O) groups excluding carboxylic acids is 2. The van der Waals surface area contributed by atoms with E-state index in [4.69, 9.17) is 0 Å². The second kappa shape index (κ2) is 14.6. The Morgan fingerprint density at radius 3 is 1.44 bits per heavy atom. The van der Waals surface area contributed by atoms with Crippen LogP contribution in [0.1, 0.15) is 86.5 Å². The number of amides is 2. The molecule has 5 heteroatoms. The molecule has 158 valence electrons. The summed E-state index contributed by atoms with van der Waals surface area (Å²) in [6.07, 6.45) is 6.21. The van der Waals surface area contributed by atoms with Crippen molar-refractivity contribution in [3.63, 3.8) is 0 Å². The van der Waals surface area contributed by atoms with E-state index in [9.17, 15) is 9.59 Å². The van der Waals surface area contributed by atoms with E-state index in [1.165, 1.54) is 0 Å². The summed E-state index contributed by atoms with van der Waals surface area (Å²) in [6.45, 7) is 13.0. The molecule has 1 aliphatic carbocycles. The first-order valence-corrected chi connectivity index (χ1v) is 9.91. The van der Waals surface area contributed by atoms with E-state index in [1.807, 2.05) is 13.8 Å². The first-order valence-electron chi connectivity index (χ1n) is 9.91. The first-order chi connectivity index (χ1) is 11.3. The minimum atomic E-state index is 0. The van der Waals surface area contributed by atoms with E-state index in [0.717, 1.165) is 32.1 Å². The molecule has 27 heavy (non-hydrogen) atoms. The fraction of sp³-hybridized carbons (Fsp3) is 0.818. The van der Waals surface area contributed by atoms with Crippen LogP contribution in [0.4, 0.5) is 0 Å². The van der Waals surface area contributed by atoms with Crippen molar-refractivity contribution in [2.24, 2.45) is 17.3 Å². The Hall–Kier alpha value is -0.346. The molecular weight excluding hydrogens is 372 g/mol. The molecule has 0 heterocycles. The Morgan fingerprint density at radius 1 is 0.852 bits per heavy atom. The maximum atomic E-state index is 12.0. The van der Waals surface area contributed by atoms with E-state index in [1.54, 1.807) is 0 Å². The Morgan fingerprint density at radius 2 is 1.19 bits per heavy atom. The van der Waals surface area contributed by atoms with Crippen LogP contribution < -0.4 is 10.6 Å². The molecule has 4 atom stereocenters. The van der Waals surface area contributed by atoms with Gasteiger partial charge in [-0.3, -0.25) is 9.59 Å². The summed E-state index contributed by atoms with van der Waals surface area (Å²) < 4.78 is 0. The van der Waals surface area contributed by atoms with Crippen LogP contribution in [-0.2, 0) is 31.3 Å². The molecular formula is C22H44N2O2Ti. The molecule has 0 radical (unpaired) electrons. The Balaban J connectivity index is -0.00000192. The smallest absolute Gasteiger partial charge is 0.358 e. The van der Waals surface area contributed by atoms with Crippen molar-refractivity contribution in [3.8, 4) is 0 Å². The molecule has 1 aliphatic rings. The molecule has 4 unspecified atom stereocenters. The number of rotatable bonds is 8. The Bertz CT molecular complexity index is 391. The zero-order valence-electron chi connectivity index (χ0n) is 19.1. The quantitative estimate of drug-likeness (QED) is 0.435. The Kier molecular flexibility index (Phi) is 17.0. The predicted octanol–water partition coefficient (Wildman–Crippen LogP) is 4.94. The molecule has 1 fully saturated rings. The van der Waals surface area contributed by atoms with Crippen LogP contribution in [0.25, 0.3) is 0 Å². The number of hydrogen-bond donors (Lipinski definition) is 2. The topological polar surface area (TPSA) is 58.2 Å². The molecule has 0 aromatic rings. The normalized spacial score (nSPS) is 26.3. The van der Waals surface area contributed by atoms with E-state index < -0.39 is 0 Å². The average molecular weight is 416 g/mol. The number of hydrogen-bond acceptors (Lipinski definition) is 2. The first kappa shape index (κ1) is 31.4. The van der Waals surface area contributed by atoms with Gasteiger partial charge in [0.15, 0.2) is 0 Å². The summed E-state index contributed by atoms with van der Waals surface area (Å²) in [5, 5.41) is 6.42. The molecule has 1 saturated carbocycles. The zero-order valence-corrected chi connectivity index (χ0v) is 20.6. The molecule has 0 aromatic heterocycles. The van der Waals surface area contributed by atoms with Crippen molar-refractivity contribution in [1.82, 2.24) is 10.6 Å². The summed E-state index contributed by atoms with van der Waals surface area (Å²) in [7, 11) is 0. The van der Waals surface area contributed by atoms with Gasteiger partial charge in [-0.1, -0.05) is 54.4 Å². The van der Waals surface area contributed by atoms with Crippen LogP contribution >= 0.6 is 0 Å². The van der Waals surface area contributed by atoms with E-state index in [-0.39, 0.29) is 65.9 Å². The minimum absolute atomic E-state index is 0. The molecule has 0 aliphatic heterocycles. The van der Waals surface area contributed by atoms with Gasteiger partial charge in [0.2, 0.25) is 11.8 Å². The van der Waals surface area contributed by atoms with E-state index >= 15 is 0 Å².